The van der Waals surface area contributed by atoms with Crippen LogP contribution in [0.4, 0.5) is 0 Å². The van der Waals surface area contributed by atoms with Crippen LogP contribution in [-0.2, 0) is 6.54 Å². The van der Waals surface area contributed by atoms with Gasteiger partial charge in [0.2, 0.25) is 5.88 Å². The maximum Gasteiger partial charge on any atom is 0.356 e. The highest BCUT2D eigenvalue weighted by molar-refractivity contribution is 6.32. The summed E-state index contributed by atoms with van der Waals surface area (Å²) >= 11 is 12.3. The Labute approximate surface area is 172 Å². The first-order valence-corrected chi connectivity index (χ1v) is 9.39. The molecule has 0 bridgehead atoms. The molecule has 0 aliphatic rings. The molecule has 0 amide bonds. The molecule has 0 aliphatic carbocycles. The number of carboxylic acids is 1. The number of carboxylic acid groups (broad SMARTS) is 1. The number of aromatic nitrogens is 2. The first kappa shape index (κ1) is 20.2. The van der Waals surface area contributed by atoms with Crippen molar-refractivity contribution in [2.75, 3.05) is 0 Å². The van der Waals surface area contributed by atoms with E-state index in [9.17, 15) is 9.90 Å². The largest absolute Gasteiger partial charge is 0.476 e. The molecule has 146 valence electrons. The number of para-hydroxylation sites is 1. The van der Waals surface area contributed by atoms with Gasteiger partial charge >= 0.3 is 5.97 Å². The summed E-state index contributed by atoms with van der Waals surface area (Å²) in [5, 5.41) is 18.2. The molecule has 2 N–H and O–H groups in total. The molecule has 1 heterocycles. The summed E-state index contributed by atoms with van der Waals surface area (Å²) in [6.07, 6.45) is 0. The molecule has 1 aromatic heterocycles. The van der Waals surface area contributed by atoms with Crippen LogP contribution in [0.2, 0.25) is 10.0 Å². The summed E-state index contributed by atoms with van der Waals surface area (Å²) in [6.45, 7) is 4.21. The number of hydrogen-bond donors (Lipinski definition) is 2. The van der Waals surface area contributed by atoms with Crippen LogP contribution in [-0.4, -0.2) is 26.9 Å². The highest BCUT2D eigenvalue weighted by atomic mass is 35.5. The van der Waals surface area contributed by atoms with Gasteiger partial charge in [-0.15, -0.1) is 0 Å². The van der Waals surface area contributed by atoms with Crippen molar-refractivity contribution >= 4 is 29.2 Å². The van der Waals surface area contributed by atoms with E-state index in [0.29, 0.717) is 27.0 Å². The van der Waals surface area contributed by atoms with E-state index in [1.54, 1.807) is 48.5 Å². The highest BCUT2D eigenvalue weighted by Gasteiger charge is 2.26. The van der Waals surface area contributed by atoms with Crippen molar-refractivity contribution in [2.45, 2.75) is 26.4 Å². The lowest BCUT2D eigenvalue weighted by Crippen LogP contribution is -2.23. The predicted molar refractivity (Wildman–Crippen MR) is 109 cm³/mol. The zero-order valence-electron chi connectivity index (χ0n) is 15.3. The molecular weight excluding hydrogens is 401 g/mol. The minimum Gasteiger partial charge on any atom is -0.476 e. The van der Waals surface area contributed by atoms with E-state index < -0.39 is 5.97 Å². The summed E-state index contributed by atoms with van der Waals surface area (Å²) in [5.74, 6) is -0.367. The van der Waals surface area contributed by atoms with Crippen LogP contribution in [0, 0.1) is 0 Å². The van der Waals surface area contributed by atoms with Crippen LogP contribution in [0.15, 0.2) is 48.5 Å². The van der Waals surface area contributed by atoms with Crippen molar-refractivity contribution in [1.82, 2.24) is 15.1 Å². The van der Waals surface area contributed by atoms with Crippen molar-refractivity contribution in [1.29, 1.82) is 0 Å². The number of nitrogens with zero attached hydrogens (tertiary/aromatic N) is 2. The van der Waals surface area contributed by atoms with Gasteiger partial charge in [-0.1, -0.05) is 49.2 Å². The van der Waals surface area contributed by atoms with Gasteiger partial charge in [0, 0.05) is 17.6 Å². The predicted octanol–water partition coefficient (Wildman–Crippen LogP) is 5.17. The smallest absolute Gasteiger partial charge is 0.356 e. The second-order valence-corrected chi connectivity index (χ2v) is 7.24. The third-order valence-corrected chi connectivity index (χ3v) is 4.51. The van der Waals surface area contributed by atoms with Gasteiger partial charge in [0.1, 0.15) is 5.75 Å². The van der Waals surface area contributed by atoms with Gasteiger partial charge in [-0.25, -0.2) is 4.79 Å². The summed E-state index contributed by atoms with van der Waals surface area (Å²) in [6, 6.07) is 14.0. The monoisotopic (exact) mass is 419 g/mol. The molecule has 6 nitrogen and oxygen atoms in total. The summed E-state index contributed by atoms with van der Waals surface area (Å²) in [5.41, 5.74) is 0.847. The van der Waals surface area contributed by atoms with Crippen molar-refractivity contribution in [3.8, 4) is 17.3 Å². The SMILES string of the molecule is CC(C)NCc1c(C(=O)O)nn(-c2ccccc2Cl)c1Oc1ccc(Cl)cc1. The number of carbonyl (C=O) groups is 1. The zero-order valence-corrected chi connectivity index (χ0v) is 16.8. The van der Waals surface area contributed by atoms with E-state index >= 15 is 0 Å². The van der Waals surface area contributed by atoms with Gasteiger partial charge in [-0.3, -0.25) is 0 Å². The molecule has 0 saturated carbocycles. The maximum atomic E-state index is 11.8. The van der Waals surface area contributed by atoms with Gasteiger partial charge in [-0.05, 0) is 36.4 Å². The molecule has 0 spiro atoms. The van der Waals surface area contributed by atoms with Crippen LogP contribution in [0.5, 0.6) is 11.6 Å². The molecule has 0 saturated heterocycles. The van der Waals surface area contributed by atoms with Crippen LogP contribution in [0.1, 0.15) is 29.9 Å². The number of benzene rings is 2. The van der Waals surface area contributed by atoms with E-state index in [1.807, 2.05) is 13.8 Å². The summed E-state index contributed by atoms with van der Waals surface area (Å²) in [7, 11) is 0. The molecule has 0 unspecified atom stereocenters. The molecule has 0 aliphatic heterocycles. The van der Waals surface area contributed by atoms with Crippen molar-refractivity contribution < 1.29 is 14.6 Å². The number of rotatable bonds is 7. The standard InChI is InChI=1S/C20H19Cl2N3O3/c1-12(2)23-11-15-18(20(26)27)24-25(17-6-4-3-5-16(17)22)19(15)28-14-9-7-13(21)8-10-14/h3-10,12,23H,11H2,1-2H3,(H,26,27). The Kier molecular flexibility index (Phi) is 6.24. The Balaban J connectivity index is 2.16. The van der Waals surface area contributed by atoms with Gasteiger partial charge < -0.3 is 15.2 Å². The number of halogens is 2. The molecule has 0 atom stereocenters. The molecule has 2 aromatic carbocycles. The number of ether oxygens (including phenoxy) is 1. The zero-order chi connectivity index (χ0) is 20.3. The number of nitrogens with one attached hydrogen (secondary N) is 1. The lowest BCUT2D eigenvalue weighted by Gasteiger charge is -2.13. The minimum atomic E-state index is -1.15. The summed E-state index contributed by atoms with van der Waals surface area (Å²) < 4.78 is 7.46. The number of hydrogen-bond acceptors (Lipinski definition) is 4. The second-order valence-electron chi connectivity index (χ2n) is 6.39. The fourth-order valence-corrected chi connectivity index (χ4v) is 2.92. The Hall–Kier alpha value is -2.54. The quantitative estimate of drug-likeness (QED) is 0.552. The van der Waals surface area contributed by atoms with Crippen molar-refractivity contribution in [2.24, 2.45) is 0 Å². The molecule has 3 aromatic rings. The maximum absolute atomic E-state index is 11.8. The second kappa shape index (κ2) is 8.65. The van der Waals surface area contributed by atoms with E-state index in [4.69, 9.17) is 27.9 Å². The van der Waals surface area contributed by atoms with Crippen LogP contribution < -0.4 is 10.1 Å². The first-order valence-electron chi connectivity index (χ1n) is 8.63. The van der Waals surface area contributed by atoms with Crippen LogP contribution in [0.25, 0.3) is 5.69 Å². The van der Waals surface area contributed by atoms with Gasteiger partial charge in [0.05, 0.1) is 16.3 Å². The third-order valence-electron chi connectivity index (χ3n) is 3.93. The molecule has 0 fully saturated rings. The van der Waals surface area contributed by atoms with Crippen molar-refractivity contribution in [3.05, 3.63) is 69.8 Å². The van der Waals surface area contributed by atoms with Crippen LogP contribution in [0.3, 0.4) is 0 Å². The Bertz CT molecular complexity index is 985. The lowest BCUT2D eigenvalue weighted by molar-refractivity contribution is 0.0688. The Morgan fingerprint density at radius 3 is 2.46 bits per heavy atom. The summed E-state index contributed by atoms with van der Waals surface area (Å²) in [4.78, 5) is 11.8. The fraction of sp³-hybridized carbons (Fsp3) is 0.200. The normalized spacial score (nSPS) is 11.0. The lowest BCUT2D eigenvalue weighted by atomic mass is 10.2. The van der Waals surface area contributed by atoms with Crippen LogP contribution >= 0.6 is 23.2 Å². The van der Waals surface area contributed by atoms with Gasteiger partial charge in [-0.2, -0.15) is 9.78 Å². The Morgan fingerprint density at radius 2 is 1.86 bits per heavy atom. The van der Waals surface area contributed by atoms with E-state index in [1.165, 1.54) is 4.68 Å². The molecule has 8 heteroatoms. The number of aromatic carboxylic acids is 1. The minimum absolute atomic E-state index is 0.1000. The van der Waals surface area contributed by atoms with Gasteiger partial charge in [0.15, 0.2) is 5.69 Å². The fourth-order valence-electron chi connectivity index (χ4n) is 2.58. The molecule has 0 radical (unpaired) electrons. The van der Waals surface area contributed by atoms with Crippen molar-refractivity contribution in [3.63, 3.8) is 0 Å². The first-order chi connectivity index (χ1) is 13.4. The average molecular weight is 420 g/mol. The topological polar surface area (TPSA) is 76.4 Å². The highest BCUT2D eigenvalue weighted by Crippen LogP contribution is 2.33. The Morgan fingerprint density at radius 1 is 1.18 bits per heavy atom. The molecule has 3 rings (SSSR count). The third kappa shape index (κ3) is 4.47. The van der Waals surface area contributed by atoms with Gasteiger partial charge in [0.25, 0.3) is 0 Å². The van der Waals surface area contributed by atoms with E-state index in [2.05, 4.69) is 10.4 Å². The molecular formula is C20H19Cl2N3O3. The molecule has 28 heavy (non-hydrogen) atoms. The van der Waals surface area contributed by atoms with E-state index in [-0.39, 0.29) is 24.2 Å². The van der Waals surface area contributed by atoms with E-state index in [0.717, 1.165) is 0 Å². The average Bonchev–Trinajstić information content (AvgIpc) is 3.00.